The Bertz CT molecular complexity index is 3200. The van der Waals surface area contributed by atoms with E-state index in [1.165, 1.54) is 15.8 Å². The van der Waals surface area contributed by atoms with E-state index >= 15 is 0 Å². The third-order valence-electron chi connectivity index (χ3n) is 16.5. The van der Waals surface area contributed by atoms with Crippen molar-refractivity contribution in [2.75, 3.05) is 47.8 Å². The van der Waals surface area contributed by atoms with Crippen LogP contribution in [0.4, 0.5) is 23.0 Å². The highest BCUT2D eigenvalue weighted by Gasteiger charge is 2.46. The molecule has 10 heterocycles. The van der Waals surface area contributed by atoms with Gasteiger partial charge in [-0.3, -0.25) is 53.7 Å². The molecule has 5 aromatic rings. The molecule has 0 radical (unpaired) electrons. The van der Waals surface area contributed by atoms with Gasteiger partial charge in [-0.1, -0.05) is 13.8 Å². The van der Waals surface area contributed by atoms with Crippen LogP contribution in [0.2, 0.25) is 0 Å². The topological polar surface area (TPSA) is 199 Å². The number of aromatic nitrogens is 4. The monoisotopic (exact) mass is 973 g/mol. The van der Waals surface area contributed by atoms with Crippen LogP contribution in [0, 0.1) is 5.41 Å². The number of nitrogens with zero attached hydrogens (tertiary/aromatic N) is 9. The first-order chi connectivity index (χ1) is 34.6. The summed E-state index contributed by atoms with van der Waals surface area (Å²) >= 11 is 0. The number of fused-ring (bicyclic) bond motifs is 6. The number of imide groups is 2. The first-order valence-electron chi connectivity index (χ1n) is 25.3. The van der Waals surface area contributed by atoms with E-state index in [0.717, 1.165) is 80.0 Å². The molecule has 18 heteroatoms. The lowest BCUT2D eigenvalue weighted by Crippen LogP contribution is -2.58. The summed E-state index contributed by atoms with van der Waals surface area (Å²) in [5, 5.41) is 16.4. The Morgan fingerprint density at radius 1 is 0.819 bits per heavy atom. The van der Waals surface area contributed by atoms with E-state index in [9.17, 15) is 33.9 Å². The molecule has 0 saturated carbocycles. The SMILES string of the molecule is C[C@H]1CN([C@@H]2CCN3Cc4cc5c(cc4C[C@@H]3C2)C(=O)N(C2CCC(=O)NC2=O)C5=O)CCN1c1ccc(Nc2cc(-c3ccnc(N4CCn5c(cc6c5CC(C)(C)C6)C4=O)c3CO)cn(C)c2=O)nc1. The number of amides is 5. The molecular formula is C54H59N11O7. The molecule has 7 aliphatic rings. The Kier molecular flexibility index (Phi) is 11.1. The van der Waals surface area contributed by atoms with Gasteiger partial charge >= 0.3 is 0 Å². The summed E-state index contributed by atoms with van der Waals surface area (Å²) in [7, 11) is 1.69. The minimum Gasteiger partial charge on any atom is -0.392 e. The maximum Gasteiger partial charge on any atom is 0.276 e. The van der Waals surface area contributed by atoms with Crippen LogP contribution in [0.1, 0.15) is 106 Å². The first kappa shape index (κ1) is 46.1. The number of piperazine rings is 1. The third kappa shape index (κ3) is 7.72. The molecule has 1 unspecified atom stereocenters. The van der Waals surface area contributed by atoms with Crippen molar-refractivity contribution >= 4 is 52.5 Å². The van der Waals surface area contributed by atoms with Crippen LogP contribution in [-0.2, 0) is 55.6 Å². The van der Waals surface area contributed by atoms with E-state index < -0.39 is 29.7 Å². The number of nitrogens with one attached hydrogen (secondary N) is 2. The normalized spacial score (nSPS) is 24.0. The second kappa shape index (κ2) is 17.3. The van der Waals surface area contributed by atoms with Crippen LogP contribution < -0.4 is 26.0 Å². The second-order valence-corrected chi connectivity index (χ2v) is 21.7. The molecule has 0 spiro atoms. The Hall–Kier alpha value is -7.02. The van der Waals surface area contributed by atoms with E-state index in [1.807, 2.05) is 36.5 Å². The number of carbonyl (C=O) groups excluding carboxylic acids is 5. The standard InChI is InChI=1S/C54H59N11O7/c1-30-26-61(35-10-12-60-28-33-19-40-39(18-31(33)17-37(60)22-35)50(69)65(51(40)70)43-6-8-47(67)58-49(43)68)13-14-62(30)36-5-7-46(56-25-36)57-42-20-34(27-59(4)52(42)71)38-9-11-55-48(41(38)29-66)64-16-15-63-44(53(64)72)21-32-23-54(2,3)24-45(32)63/h5,7,9,11,18-21,25,27,30,35,37,43,66H,6,8,10,12-17,22-24,26,28-29H2,1-4H3,(H,56,57)(H,58,67,68)/t30-,35+,37+,43?/m0/s1. The Morgan fingerprint density at radius 2 is 1.62 bits per heavy atom. The van der Waals surface area contributed by atoms with Crippen molar-refractivity contribution < 1.29 is 29.1 Å². The number of hydrogen-bond acceptors (Lipinski definition) is 13. The fourth-order valence-corrected chi connectivity index (χ4v) is 12.9. The fraction of sp³-hybridized carbons (Fsp3) is 0.444. The van der Waals surface area contributed by atoms with Gasteiger partial charge in [0, 0.05) is 107 Å². The number of carbonyl (C=O) groups is 5. The minimum absolute atomic E-state index is 0.0862. The van der Waals surface area contributed by atoms with Gasteiger partial charge in [-0.25, -0.2) is 9.97 Å². The lowest BCUT2D eigenvalue weighted by molar-refractivity contribution is -0.136. The van der Waals surface area contributed by atoms with Crippen molar-refractivity contribution in [3.05, 3.63) is 116 Å². The molecule has 18 nitrogen and oxygen atoms in total. The van der Waals surface area contributed by atoms with E-state index in [2.05, 4.69) is 55.7 Å². The number of piperidine rings is 2. The lowest BCUT2D eigenvalue weighted by atomic mass is 9.84. The number of anilines is 4. The van der Waals surface area contributed by atoms with Gasteiger partial charge in [-0.15, -0.1) is 0 Å². The van der Waals surface area contributed by atoms with Gasteiger partial charge in [0.2, 0.25) is 11.8 Å². The number of aliphatic hydroxyl groups is 1. The Labute approximate surface area is 416 Å². The number of aliphatic hydroxyl groups excluding tert-OH is 1. The number of hydrogen-bond donors (Lipinski definition) is 3. The molecule has 1 aliphatic carbocycles. The molecule has 6 aliphatic heterocycles. The number of pyridine rings is 3. The summed E-state index contributed by atoms with van der Waals surface area (Å²) in [6, 6.07) is 13.2. The molecule has 3 fully saturated rings. The minimum atomic E-state index is -0.984. The zero-order valence-electron chi connectivity index (χ0n) is 41.1. The lowest BCUT2D eigenvalue weighted by Gasteiger charge is -2.49. The third-order valence-corrected chi connectivity index (χ3v) is 16.5. The van der Waals surface area contributed by atoms with Crippen molar-refractivity contribution in [1.29, 1.82) is 0 Å². The average molecular weight is 974 g/mol. The highest BCUT2D eigenvalue weighted by molar-refractivity contribution is 6.23. The van der Waals surface area contributed by atoms with E-state index in [-0.39, 0.29) is 42.4 Å². The van der Waals surface area contributed by atoms with E-state index in [0.29, 0.717) is 82.6 Å². The van der Waals surface area contributed by atoms with Crippen LogP contribution in [0.15, 0.2) is 65.8 Å². The van der Waals surface area contributed by atoms with E-state index in [1.54, 1.807) is 36.5 Å². The van der Waals surface area contributed by atoms with Gasteiger partial charge in [0.25, 0.3) is 23.3 Å². The maximum atomic E-state index is 14.0. The summed E-state index contributed by atoms with van der Waals surface area (Å²) in [4.78, 5) is 98.7. The van der Waals surface area contributed by atoms with Crippen LogP contribution >= 0.6 is 0 Å². The Balaban J connectivity index is 0.692. The van der Waals surface area contributed by atoms with Gasteiger partial charge in [0.05, 0.1) is 29.6 Å². The predicted octanol–water partition coefficient (Wildman–Crippen LogP) is 4.17. The highest BCUT2D eigenvalue weighted by atomic mass is 16.3. The summed E-state index contributed by atoms with van der Waals surface area (Å²) < 4.78 is 3.66. The van der Waals surface area contributed by atoms with Crippen molar-refractivity contribution in [1.82, 2.24) is 39.1 Å². The van der Waals surface area contributed by atoms with Crippen LogP contribution in [0.5, 0.6) is 0 Å². The van der Waals surface area contributed by atoms with Crippen molar-refractivity contribution in [3.8, 4) is 11.1 Å². The molecule has 4 atom stereocenters. The second-order valence-electron chi connectivity index (χ2n) is 21.7. The first-order valence-corrected chi connectivity index (χ1v) is 25.3. The zero-order chi connectivity index (χ0) is 49.9. The zero-order valence-corrected chi connectivity index (χ0v) is 41.1. The van der Waals surface area contributed by atoms with Crippen molar-refractivity contribution in [3.63, 3.8) is 0 Å². The molecule has 72 heavy (non-hydrogen) atoms. The summed E-state index contributed by atoms with van der Waals surface area (Å²) in [5.41, 5.74) is 9.05. The molecule has 1 aromatic carbocycles. The fourth-order valence-electron chi connectivity index (χ4n) is 12.9. The van der Waals surface area contributed by atoms with Crippen LogP contribution in [-0.4, -0.2) is 125 Å². The summed E-state index contributed by atoms with van der Waals surface area (Å²) in [6.07, 6.45) is 10.1. The molecule has 12 rings (SSSR count). The number of rotatable bonds is 8. The van der Waals surface area contributed by atoms with Gasteiger partial charge in [0.1, 0.15) is 29.1 Å². The summed E-state index contributed by atoms with van der Waals surface area (Å²) in [6.45, 7) is 11.7. The molecule has 5 amide bonds. The Morgan fingerprint density at radius 3 is 2.38 bits per heavy atom. The molecule has 3 N–H and O–H groups in total. The van der Waals surface area contributed by atoms with Crippen molar-refractivity contribution in [2.24, 2.45) is 12.5 Å². The van der Waals surface area contributed by atoms with Gasteiger partial charge < -0.3 is 24.5 Å². The highest BCUT2D eigenvalue weighted by Crippen LogP contribution is 2.41. The predicted molar refractivity (Wildman–Crippen MR) is 268 cm³/mol. The quantitative estimate of drug-likeness (QED) is 0.188. The molecule has 4 aromatic heterocycles. The number of aryl methyl sites for hydroxylation is 1. The van der Waals surface area contributed by atoms with Crippen LogP contribution in [0.3, 0.4) is 0 Å². The number of benzene rings is 1. The average Bonchev–Trinajstić information content (AvgIpc) is 3.94. The maximum absolute atomic E-state index is 14.0. The van der Waals surface area contributed by atoms with Gasteiger partial charge in [0.15, 0.2) is 0 Å². The molecule has 0 bridgehead atoms. The molecule has 3 saturated heterocycles. The van der Waals surface area contributed by atoms with Gasteiger partial charge in [-0.2, -0.15) is 0 Å². The van der Waals surface area contributed by atoms with Crippen molar-refractivity contribution in [2.45, 2.75) is 110 Å². The van der Waals surface area contributed by atoms with E-state index in [4.69, 9.17) is 4.98 Å². The molecule has 372 valence electrons. The summed E-state index contributed by atoms with van der Waals surface area (Å²) in [5.74, 6) is -1.14. The molecular weight excluding hydrogens is 915 g/mol. The van der Waals surface area contributed by atoms with Gasteiger partial charge in [-0.05, 0) is 116 Å². The smallest absolute Gasteiger partial charge is 0.276 e. The largest absolute Gasteiger partial charge is 0.392 e. The van der Waals surface area contributed by atoms with Crippen LogP contribution in [0.25, 0.3) is 11.1 Å².